The number of anilines is 2. The van der Waals surface area contributed by atoms with Crippen LogP contribution in [0.15, 0.2) is 24.0 Å². The number of nitrogens with zero attached hydrogens (tertiary/aromatic N) is 3. The molecule has 0 aliphatic carbocycles. The fourth-order valence-corrected chi connectivity index (χ4v) is 4.57. The minimum Gasteiger partial charge on any atom is -0.474 e. The summed E-state index contributed by atoms with van der Waals surface area (Å²) >= 11 is 0. The normalized spacial score (nSPS) is 17.1. The number of aryl methyl sites for hydroxylation is 1. The third-order valence-electron chi connectivity index (χ3n) is 6.69. The molecule has 1 aliphatic heterocycles. The Hall–Kier alpha value is -4.43. The molecule has 1 aromatic carbocycles. The van der Waals surface area contributed by atoms with E-state index in [4.69, 9.17) is 10.5 Å². The van der Waals surface area contributed by atoms with Gasteiger partial charge in [0.15, 0.2) is 11.6 Å². The number of carbonyl (C=O) groups excluding carboxylic acids is 1. The molecule has 1 amide bonds. The zero-order valence-electron chi connectivity index (χ0n) is 23.1. The van der Waals surface area contributed by atoms with Crippen LogP contribution in [-0.2, 0) is 19.8 Å². The standard InChI is InChI=1S/C27H29F6N7O2/c1-5-14-9-37-25(41)19-24(36-10-18-16(28)11-40(4)39-18)22(30)23(38-26(19)42-12(2)6-7-35-14)15-8-17(34)21(29)13(3)20(15)27(31,32)33/h5,8,11-12,35H,6-7,9-10,34H2,1-4H3,(H,36,38)(H,37,41)/b14-5-/t12-/m0/s1. The maximum absolute atomic E-state index is 16.4. The van der Waals surface area contributed by atoms with Crippen molar-refractivity contribution in [2.45, 2.75) is 46.0 Å². The van der Waals surface area contributed by atoms with Crippen LogP contribution in [0.1, 0.15) is 47.4 Å². The van der Waals surface area contributed by atoms with Crippen LogP contribution in [0.4, 0.5) is 37.7 Å². The van der Waals surface area contributed by atoms with Crippen LogP contribution in [0.2, 0.25) is 0 Å². The summed E-state index contributed by atoms with van der Waals surface area (Å²) in [5.74, 6) is -4.81. The van der Waals surface area contributed by atoms with Crippen molar-refractivity contribution in [1.29, 1.82) is 0 Å². The van der Waals surface area contributed by atoms with Crippen molar-refractivity contribution < 1.29 is 35.9 Å². The van der Waals surface area contributed by atoms with Gasteiger partial charge in [-0.25, -0.2) is 18.2 Å². The van der Waals surface area contributed by atoms with Gasteiger partial charge in [0.1, 0.15) is 22.8 Å². The summed E-state index contributed by atoms with van der Waals surface area (Å²) in [6.45, 7) is 4.21. The summed E-state index contributed by atoms with van der Waals surface area (Å²) in [6, 6.07) is 0.627. The number of nitrogens with one attached hydrogen (secondary N) is 3. The predicted octanol–water partition coefficient (Wildman–Crippen LogP) is 4.82. The van der Waals surface area contributed by atoms with Gasteiger partial charge in [-0.3, -0.25) is 9.48 Å². The molecule has 0 radical (unpaired) electrons. The fourth-order valence-electron chi connectivity index (χ4n) is 4.57. The average Bonchev–Trinajstić information content (AvgIpc) is 3.22. The highest BCUT2D eigenvalue weighted by molar-refractivity contribution is 6.03. The zero-order valence-corrected chi connectivity index (χ0v) is 23.1. The molecule has 1 atom stereocenters. The molecule has 3 aromatic rings. The third-order valence-corrected chi connectivity index (χ3v) is 6.69. The molecule has 15 heteroatoms. The fraction of sp³-hybridized carbons (Fsp3) is 0.370. The van der Waals surface area contributed by atoms with Gasteiger partial charge in [0.2, 0.25) is 5.88 Å². The molecule has 2 aromatic heterocycles. The third kappa shape index (κ3) is 6.09. The summed E-state index contributed by atoms with van der Waals surface area (Å²) in [5.41, 5.74) is 0.267. The Labute approximate surface area is 237 Å². The Kier molecular flexibility index (Phi) is 8.59. The van der Waals surface area contributed by atoms with Gasteiger partial charge in [0, 0.05) is 31.3 Å². The lowest BCUT2D eigenvalue weighted by molar-refractivity contribution is -0.137. The van der Waals surface area contributed by atoms with E-state index in [9.17, 15) is 26.7 Å². The van der Waals surface area contributed by atoms with Gasteiger partial charge >= 0.3 is 6.18 Å². The Balaban J connectivity index is 2.01. The van der Waals surface area contributed by atoms with Crippen molar-refractivity contribution in [3.63, 3.8) is 0 Å². The molecule has 0 saturated carbocycles. The van der Waals surface area contributed by atoms with Gasteiger partial charge in [-0.15, -0.1) is 0 Å². The number of hydrogen-bond acceptors (Lipinski definition) is 7. The number of halogens is 6. The van der Waals surface area contributed by atoms with Crippen molar-refractivity contribution in [3.05, 3.63) is 63.9 Å². The number of carbonyl (C=O) groups is 1. The number of pyridine rings is 1. The molecule has 0 spiro atoms. The molecular weight excluding hydrogens is 568 g/mol. The number of nitrogens with two attached hydrogens (primary N) is 1. The molecule has 0 fully saturated rings. The van der Waals surface area contributed by atoms with Gasteiger partial charge in [-0.1, -0.05) is 6.08 Å². The molecule has 9 nitrogen and oxygen atoms in total. The SMILES string of the molecule is C/C=C1/CNC(=O)c2c(nc(-c3cc(N)c(F)c(C)c3C(F)(F)F)c(F)c2NCc2nn(C)cc2F)O[C@@H](C)CCN1. The first-order chi connectivity index (χ1) is 19.7. The molecule has 226 valence electrons. The first kappa shape index (κ1) is 30.5. The van der Waals surface area contributed by atoms with Crippen LogP contribution in [0.25, 0.3) is 11.3 Å². The van der Waals surface area contributed by atoms with Crippen molar-refractivity contribution in [1.82, 2.24) is 25.4 Å². The van der Waals surface area contributed by atoms with E-state index in [1.807, 2.05) is 0 Å². The number of aromatic nitrogens is 3. The summed E-state index contributed by atoms with van der Waals surface area (Å²) in [4.78, 5) is 17.5. The van der Waals surface area contributed by atoms with Crippen LogP contribution in [0.3, 0.4) is 0 Å². The van der Waals surface area contributed by atoms with E-state index in [-0.39, 0.29) is 12.2 Å². The van der Waals surface area contributed by atoms with E-state index in [0.29, 0.717) is 24.7 Å². The largest absolute Gasteiger partial charge is 0.474 e. The zero-order chi connectivity index (χ0) is 30.9. The molecular formula is C27H29F6N7O2. The van der Waals surface area contributed by atoms with Gasteiger partial charge in [0.05, 0.1) is 42.3 Å². The molecule has 0 saturated heterocycles. The highest BCUT2D eigenvalue weighted by Crippen LogP contribution is 2.44. The Morgan fingerprint density at radius 2 is 1.95 bits per heavy atom. The minimum absolute atomic E-state index is 0.00669. The molecule has 0 unspecified atom stereocenters. The van der Waals surface area contributed by atoms with Gasteiger partial charge in [-0.05, 0) is 32.4 Å². The monoisotopic (exact) mass is 597 g/mol. The van der Waals surface area contributed by atoms with E-state index in [0.717, 1.165) is 13.1 Å². The molecule has 1 aliphatic rings. The second kappa shape index (κ2) is 11.8. The van der Waals surface area contributed by atoms with E-state index in [1.54, 1.807) is 19.9 Å². The molecule has 0 bridgehead atoms. The summed E-state index contributed by atoms with van der Waals surface area (Å²) in [6.07, 6.45) is -2.61. The Morgan fingerprint density at radius 1 is 1.24 bits per heavy atom. The number of nitrogen functional groups attached to an aromatic ring is 1. The lowest BCUT2D eigenvalue weighted by Crippen LogP contribution is -2.31. The van der Waals surface area contributed by atoms with E-state index in [1.165, 1.54) is 11.7 Å². The first-order valence-corrected chi connectivity index (χ1v) is 12.9. The number of ether oxygens (including phenoxy) is 1. The lowest BCUT2D eigenvalue weighted by atomic mass is 9.95. The van der Waals surface area contributed by atoms with Crippen LogP contribution >= 0.6 is 0 Å². The summed E-state index contributed by atoms with van der Waals surface area (Å²) < 4.78 is 95.0. The number of rotatable bonds is 4. The number of amides is 1. The summed E-state index contributed by atoms with van der Waals surface area (Å²) in [7, 11) is 1.46. The Morgan fingerprint density at radius 3 is 2.57 bits per heavy atom. The molecule has 42 heavy (non-hydrogen) atoms. The van der Waals surface area contributed by atoms with E-state index < -0.39 is 87.4 Å². The number of benzene rings is 1. The van der Waals surface area contributed by atoms with Crippen molar-refractivity contribution in [3.8, 4) is 17.1 Å². The molecule has 5 N–H and O–H groups in total. The van der Waals surface area contributed by atoms with Gasteiger partial charge < -0.3 is 26.4 Å². The number of alkyl halides is 3. The maximum atomic E-state index is 16.4. The van der Waals surface area contributed by atoms with Crippen LogP contribution < -0.4 is 26.4 Å². The number of fused-ring (bicyclic) bond motifs is 1. The highest BCUT2D eigenvalue weighted by atomic mass is 19.4. The first-order valence-electron chi connectivity index (χ1n) is 12.9. The smallest absolute Gasteiger partial charge is 0.417 e. The van der Waals surface area contributed by atoms with Crippen LogP contribution in [0, 0.1) is 24.4 Å². The summed E-state index contributed by atoms with van der Waals surface area (Å²) in [5, 5.41) is 12.3. The minimum atomic E-state index is -5.13. The molecule has 4 rings (SSSR count). The van der Waals surface area contributed by atoms with Crippen LogP contribution in [-0.4, -0.2) is 39.9 Å². The predicted molar refractivity (Wildman–Crippen MR) is 143 cm³/mol. The lowest BCUT2D eigenvalue weighted by Gasteiger charge is -2.22. The van der Waals surface area contributed by atoms with E-state index >= 15 is 4.39 Å². The number of hydrogen-bond donors (Lipinski definition) is 4. The van der Waals surface area contributed by atoms with Crippen molar-refractivity contribution >= 4 is 17.3 Å². The van der Waals surface area contributed by atoms with Crippen molar-refractivity contribution in [2.24, 2.45) is 7.05 Å². The van der Waals surface area contributed by atoms with Gasteiger partial charge in [0.25, 0.3) is 5.91 Å². The average molecular weight is 598 g/mol. The topological polar surface area (TPSA) is 119 Å². The second-order valence-electron chi connectivity index (χ2n) is 9.75. The van der Waals surface area contributed by atoms with Crippen molar-refractivity contribution in [2.75, 3.05) is 24.1 Å². The highest BCUT2D eigenvalue weighted by Gasteiger charge is 2.39. The number of allylic oxidation sites excluding steroid dienone is 1. The van der Waals surface area contributed by atoms with Crippen LogP contribution in [0.5, 0.6) is 5.88 Å². The Bertz CT molecular complexity index is 1550. The van der Waals surface area contributed by atoms with E-state index in [2.05, 4.69) is 26.0 Å². The maximum Gasteiger partial charge on any atom is 0.417 e. The van der Waals surface area contributed by atoms with Gasteiger partial charge in [-0.2, -0.15) is 18.3 Å². The quantitative estimate of drug-likeness (QED) is 0.252. The molecule has 3 heterocycles. The second-order valence-corrected chi connectivity index (χ2v) is 9.75.